The summed E-state index contributed by atoms with van der Waals surface area (Å²) >= 11 is 0. The lowest BCUT2D eigenvalue weighted by molar-refractivity contribution is 0.0465. The fourth-order valence-corrected chi connectivity index (χ4v) is 2.37. The zero-order chi connectivity index (χ0) is 12.4. The molecule has 0 aromatic heterocycles. The Kier molecular flexibility index (Phi) is 3.69. The SMILES string of the molecule is C[C@H](N)c1ccc(N(C)CC2CC(O)C2)cc1. The van der Waals surface area contributed by atoms with E-state index >= 15 is 0 Å². The predicted molar refractivity (Wildman–Crippen MR) is 71.0 cm³/mol. The van der Waals surface area contributed by atoms with E-state index in [0.29, 0.717) is 5.92 Å². The van der Waals surface area contributed by atoms with Gasteiger partial charge >= 0.3 is 0 Å². The van der Waals surface area contributed by atoms with Crippen LogP contribution >= 0.6 is 0 Å². The van der Waals surface area contributed by atoms with Crippen molar-refractivity contribution in [2.75, 3.05) is 18.5 Å². The maximum atomic E-state index is 9.27. The molecule has 3 heteroatoms. The van der Waals surface area contributed by atoms with Gasteiger partial charge in [0.15, 0.2) is 0 Å². The van der Waals surface area contributed by atoms with Crippen molar-refractivity contribution in [1.82, 2.24) is 0 Å². The van der Waals surface area contributed by atoms with Crippen LogP contribution in [-0.4, -0.2) is 24.8 Å². The summed E-state index contributed by atoms with van der Waals surface area (Å²) in [5.74, 6) is 0.642. The second kappa shape index (κ2) is 5.07. The molecule has 3 nitrogen and oxygen atoms in total. The summed E-state index contributed by atoms with van der Waals surface area (Å²) in [6.07, 6.45) is 1.83. The Hall–Kier alpha value is -1.06. The van der Waals surface area contributed by atoms with Crippen LogP contribution < -0.4 is 10.6 Å². The molecule has 2 rings (SSSR count). The van der Waals surface area contributed by atoms with Gasteiger partial charge in [-0.3, -0.25) is 0 Å². The van der Waals surface area contributed by atoms with Crippen LogP contribution in [0.15, 0.2) is 24.3 Å². The van der Waals surface area contributed by atoms with Gasteiger partial charge in [0.05, 0.1) is 6.10 Å². The summed E-state index contributed by atoms with van der Waals surface area (Å²) in [6.45, 7) is 3.02. The van der Waals surface area contributed by atoms with E-state index in [-0.39, 0.29) is 12.1 Å². The average molecular weight is 234 g/mol. The molecule has 1 saturated carbocycles. The molecule has 94 valence electrons. The Balaban J connectivity index is 1.92. The van der Waals surface area contributed by atoms with E-state index in [0.717, 1.165) is 19.4 Å². The Morgan fingerprint density at radius 2 is 1.94 bits per heavy atom. The van der Waals surface area contributed by atoms with Gasteiger partial charge in [0.2, 0.25) is 0 Å². The molecular formula is C14H22N2O. The van der Waals surface area contributed by atoms with Gasteiger partial charge in [-0.1, -0.05) is 12.1 Å². The van der Waals surface area contributed by atoms with Crippen molar-refractivity contribution >= 4 is 5.69 Å². The van der Waals surface area contributed by atoms with Crippen molar-refractivity contribution in [1.29, 1.82) is 0 Å². The third-order valence-electron chi connectivity index (χ3n) is 3.60. The summed E-state index contributed by atoms with van der Waals surface area (Å²) in [4.78, 5) is 2.25. The largest absolute Gasteiger partial charge is 0.393 e. The van der Waals surface area contributed by atoms with Crippen LogP contribution in [0.1, 0.15) is 31.4 Å². The van der Waals surface area contributed by atoms with Crippen LogP contribution in [0.25, 0.3) is 0 Å². The lowest BCUT2D eigenvalue weighted by atomic mass is 9.82. The minimum atomic E-state index is -0.0612. The minimum Gasteiger partial charge on any atom is -0.393 e. The fraction of sp³-hybridized carbons (Fsp3) is 0.571. The van der Waals surface area contributed by atoms with Gasteiger partial charge in [0.1, 0.15) is 0 Å². The number of benzene rings is 1. The van der Waals surface area contributed by atoms with Crippen LogP contribution in [0, 0.1) is 5.92 Å². The second-order valence-electron chi connectivity index (χ2n) is 5.25. The summed E-state index contributed by atoms with van der Waals surface area (Å²) in [5.41, 5.74) is 8.21. The van der Waals surface area contributed by atoms with E-state index in [4.69, 9.17) is 5.73 Å². The first-order chi connectivity index (χ1) is 8.06. The lowest BCUT2D eigenvalue weighted by Crippen LogP contribution is -2.37. The average Bonchev–Trinajstić information content (AvgIpc) is 2.27. The first-order valence-electron chi connectivity index (χ1n) is 6.31. The van der Waals surface area contributed by atoms with Crippen molar-refractivity contribution in [3.8, 4) is 0 Å². The van der Waals surface area contributed by atoms with Gasteiger partial charge in [-0.2, -0.15) is 0 Å². The fourth-order valence-electron chi connectivity index (χ4n) is 2.37. The quantitative estimate of drug-likeness (QED) is 0.836. The molecule has 1 atom stereocenters. The Morgan fingerprint density at radius 1 is 1.35 bits per heavy atom. The predicted octanol–water partition coefficient (Wildman–Crippen LogP) is 1.91. The molecule has 0 radical (unpaired) electrons. The first kappa shape index (κ1) is 12.4. The number of nitrogens with two attached hydrogens (primary N) is 1. The maximum Gasteiger partial charge on any atom is 0.0546 e. The first-order valence-corrected chi connectivity index (χ1v) is 6.31. The molecule has 3 N–H and O–H groups in total. The van der Waals surface area contributed by atoms with E-state index < -0.39 is 0 Å². The summed E-state index contributed by atoms with van der Waals surface area (Å²) in [6, 6.07) is 8.51. The highest BCUT2D eigenvalue weighted by molar-refractivity contribution is 5.47. The van der Waals surface area contributed by atoms with Crippen LogP contribution in [0.2, 0.25) is 0 Å². The normalized spacial score (nSPS) is 25.2. The molecule has 1 aromatic carbocycles. The topological polar surface area (TPSA) is 49.5 Å². The number of anilines is 1. The van der Waals surface area contributed by atoms with Gasteiger partial charge in [0.25, 0.3) is 0 Å². The summed E-state index contributed by atoms with van der Waals surface area (Å²) in [5, 5.41) is 9.27. The highest BCUT2D eigenvalue weighted by Crippen LogP contribution is 2.29. The molecule has 0 unspecified atom stereocenters. The highest BCUT2D eigenvalue weighted by Gasteiger charge is 2.27. The molecule has 0 heterocycles. The van der Waals surface area contributed by atoms with Gasteiger partial charge < -0.3 is 15.7 Å². The van der Waals surface area contributed by atoms with Gasteiger partial charge in [-0.25, -0.2) is 0 Å². The number of aliphatic hydroxyl groups excluding tert-OH is 1. The van der Waals surface area contributed by atoms with Gasteiger partial charge in [0, 0.05) is 25.3 Å². The second-order valence-corrected chi connectivity index (χ2v) is 5.25. The van der Waals surface area contributed by atoms with E-state index in [1.807, 2.05) is 6.92 Å². The van der Waals surface area contributed by atoms with E-state index in [9.17, 15) is 5.11 Å². The third-order valence-corrected chi connectivity index (χ3v) is 3.60. The number of rotatable bonds is 4. The molecule has 0 spiro atoms. The number of nitrogens with zero attached hydrogens (tertiary/aromatic N) is 1. The molecule has 1 aliphatic carbocycles. The Labute approximate surface area is 103 Å². The van der Waals surface area contributed by atoms with Gasteiger partial charge in [-0.15, -0.1) is 0 Å². The van der Waals surface area contributed by atoms with Crippen molar-refractivity contribution in [2.45, 2.75) is 31.9 Å². The lowest BCUT2D eigenvalue weighted by Gasteiger charge is -2.35. The smallest absolute Gasteiger partial charge is 0.0546 e. The van der Waals surface area contributed by atoms with E-state index in [2.05, 4.69) is 36.2 Å². The molecule has 0 aliphatic heterocycles. The summed E-state index contributed by atoms with van der Waals surface area (Å²) < 4.78 is 0. The molecule has 0 bridgehead atoms. The van der Waals surface area contributed by atoms with E-state index in [1.165, 1.54) is 11.3 Å². The molecule has 1 fully saturated rings. The van der Waals surface area contributed by atoms with Crippen LogP contribution in [0.5, 0.6) is 0 Å². The minimum absolute atomic E-state index is 0.0612. The van der Waals surface area contributed by atoms with Crippen molar-refractivity contribution in [3.05, 3.63) is 29.8 Å². The maximum absolute atomic E-state index is 9.27. The van der Waals surface area contributed by atoms with E-state index in [1.54, 1.807) is 0 Å². The number of hydrogen-bond acceptors (Lipinski definition) is 3. The highest BCUT2D eigenvalue weighted by atomic mass is 16.3. The zero-order valence-electron chi connectivity index (χ0n) is 10.6. The number of hydrogen-bond donors (Lipinski definition) is 2. The molecular weight excluding hydrogens is 212 g/mol. The zero-order valence-corrected chi connectivity index (χ0v) is 10.6. The van der Waals surface area contributed by atoms with Crippen molar-refractivity contribution < 1.29 is 5.11 Å². The Morgan fingerprint density at radius 3 is 2.41 bits per heavy atom. The van der Waals surface area contributed by atoms with Crippen molar-refractivity contribution in [3.63, 3.8) is 0 Å². The van der Waals surface area contributed by atoms with Crippen LogP contribution in [0.3, 0.4) is 0 Å². The standard InChI is InChI=1S/C14H22N2O/c1-10(15)12-3-5-13(6-4-12)16(2)9-11-7-14(17)8-11/h3-6,10-11,14,17H,7-9,15H2,1-2H3/t10-,11?,14?/m0/s1. The van der Waals surface area contributed by atoms with Crippen molar-refractivity contribution in [2.24, 2.45) is 11.7 Å². The molecule has 0 saturated heterocycles. The van der Waals surface area contributed by atoms with Crippen LogP contribution in [0.4, 0.5) is 5.69 Å². The molecule has 1 aliphatic rings. The molecule has 1 aromatic rings. The van der Waals surface area contributed by atoms with Crippen LogP contribution in [-0.2, 0) is 0 Å². The number of aliphatic hydroxyl groups is 1. The molecule has 17 heavy (non-hydrogen) atoms. The Bertz CT molecular complexity index is 355. The molecule has 0 amide bonds. The van der Waals surface area contributed by atoms with Gasteiger partial charge in [-0.05, 0) is 43.4 Å². The third kappa shape index (κ3) is 2.99. The monoisotopic (exact) mass is 234 g/mol. The summed E-state index contributed by atoms with van der Waals surface area (Å²) in [7, 11) is 2.10.